The Labute approximate surface area is 152 Å². The molecule has 136 valence electrons. The SMILES string of the molecule is CCCNCC(=O)Nc1ccc2c3c(cccc13)C(=O)N(CCC)C2=O. The van der Waals surface area contributed by atoms with Crippen molar-refractivity contribution in [3.05, 3.63) is 41.5 Å². The minimum atomic E-state index is -0.275. The van der Waals surface area contributed by atoms with Gasteiger partial charge in [0.05, 0.1) is 6.54 Å². The molecule has 2 aromatic carbocycles. The quantitative estimate of drug-likeness (QED) is 0.593. The van der Waals surface area contributed by atoms with E-state index in [-0.39, 0.29) is 24.3 Å². The van der Waals surface area contributed by atoms with Crippen LogP contribution in [0.25, 0.3) is 10.8 Å². The molecule has 0 aromatic heterocycles. The highest BCUT2D eigenvalue weighted by Crippen LogP contribution is 2.34. The summed E-state index contributed by atoms with van der Waals surface area (Å²) in [6.45, 7) is 5.36. The monoisotopic (exact) mass is 353 g/mol. The summed E-state index contributed by atoms with van der Waals surface area (Å²) in [5, 5.41) is 7.26. The van der Waals surface area contributed by atoms with Gasteiger partial charge in [0.1, 0.15) is 0 Å². The Morgan fingerprint density at radius 2 is 1.73 bits per heavy atom. The van der Waals surface area contributed by atoms with Crippen molar-refractivity contribution < 1.29 is 14.4 Å². The average Bonchev–Trinajstić information content (AvgIpc) is 2.64. The van der Waals surface area contributed by atoms with Gasteiger partial charge >= 0.3 is 0 Å². The summed E-state index contributed by atoms with van der Waals surface area (Å²) in [6.07, 6.45) is 1.66. The third kappa shape index (κ3) is 3.20. The molecule has 0 saturated heterocycles. The van der Waals surface area contributed by atoms with Crippen molar-refractivity contribution >= 4 is 34.2 Å². The van der Waals surface area contributed by atoms with Crippen LogP contribution in [0.5, 0.6) is 0 Å². The molecule has 1 aliphatic heterocycles. The Morgan fingerprint density at radius 1 is 1.00 bits per heavy atom. The first-order chi connectivity index (χ1) is 12.6. The van der Waals surface area contributed by atoms with Gasteiger partial charge < -0.3 is 10.6 Å². The Bertz CT molecular complexity index is 854. The van der Waals surface area contributed by atoms with Gasteiger partial charge in [0.15, 0.2) is 0 Å². The summed E-state index contributed by atoms with van der Waals surface area (Å²) in [5.74, 6) is -0.702. The minimum absolute atomic E-state index is 0.153. The molecule has 3 rings (SSSR count). The number of anilines is 1. The number of nitrogens with zero attached hydrogens (tertiary/aromatic N) is 1. The standard InChI is InChI=1S/C20H23N3O3/c1-3-10-21-12-17(24)22-16-9-8-15-18-13(16)6-5-7-14(18)19(25)23(11-4-2)20(15)26/h5-9,21H,3-4,10-12H2,1-2H3,(H,22,24). The molecule has 1 heterocycles. The maximum absolute atomic E-state index is 12.7. The first-order valence-corrected chi connectivity index (χ1v) is 9.01. The van der Waals surface area contributed by atoms with E-state index in [1.54, 1.807) is 24.3 Å². The lowest BCUT2D eigenvalue weighted by Crippen LogP contribution is -2.40. The molecule has 0 saturated carbocycles. The van der Waals surface area contributed by atoms with Crippen LogP contribution in [0.2, 0.25) is 0 Å². The van der Waals surface area contributed by atoms with E-state index in [9.17, 15) is 14.4 Å². The molecule has 3 amide bonds. The number of carbonyl (C=O) groups is 3. The molecule has 6 nitrogen and oxygen atoms in total. The second-order valence-corrected chi connectivity index (χ2v) is 6.38. The Kier molecular flexibility index (Phi) is 5.32. The smallest absolute Gasteiger partial charge is 0.261 e. The molecule has 26 heavy (non-hydrogen) atoms. The van der Waals surface area contributed by atoms with Gasteiger partial charge in [0, 0.05) is 34.1 Å². The molecule has 0 unspecified atom stereocenters. The molecule has 0 spiro atoms. The van der Waals surface area contributed by atoms with E-state index in [0.717, 1.165) is 13.0 Å². The largest absolute Gasteiger partial charge is 0.324 e. The van der Waals surface area contributed by atoms with Gasteiger partial charge in [-0.05, 0) is 37.6 Å². The van der Waals surface area contributed by atoms with Crippen molar-refractivity contribution in [3.63, 3.8) is 0 Å². The summed E-state index contributed by atoms with van der Waals surface area (Å²) in [5.41, 5.74) is 1.62. The van der Waals surface area contributed by atoms with E-state index in [4.69, 9.17) is 0 Å². The predicted octanol–water partition coefficient (Wildman–Crippen LogP) is 2.78. The zero-order valence-corrected chi connectivity index (χ0v) is 15.1. The van der Waals surface area contributed by atoms with Crippen LogP contribution in [0.4, 0.5) is 5.69 Å². The normalized spacial score (nSPS) is 13.4. The third-order valence-electron chi connectivity index (χ3n) is 4.43. The first-order valence-electron chi connectivity index (χ1n) is 9.01. The fourth-order valence-electron chi connectivity index (χ4n) is 3.25. The molecule has 0 fully saturated rings. The van der Waals surface area contributed by atoms with Gasteiger partial charge in [0.2, 0.25) is 5.91 Å². The van der Waals surface area contributed by atoms with Crippen LogP contribution in [0.1, 0.15) is 47.4 Å². The van der Waals surface area contributed by atoms with Gasteiger partial charge in [0.25, 0.3) is 11.8 Å². The first kappa shape index (κ1) is 18.1. The van der Waals surface area contributed by atoms with Crippen molar-refractivity contribution in [3.8, 4) is 0 Å². The van der Waals surface area contributed by atoms with E-state index >= 15 is 0 Å². The lowest BCUT2D eigenvalue weighted by atomic mass is 9.93. The number of amides is 3. The number of hydrogen-bond acceptors (Lipinski definition) is 4. The van der Waals surface area contributed by atoms with E-state index in [1.807, 2.05) is 19.9 Å². The van der Waals surface area contributed by atoms with Crippen LogP contribution in [0.15, 0.2) is 30.3 Å². The highest BCUT2D eigenvalue weighted by Gasteiger charge is 2.32. The second-order valence-electron chi connectivity index (χ2n) is 6.38. The van der Waals surface area contributed by atoms with Crippen molar-refractivity contribution in [2.24, 2.45) is 0 Å². The maximum Gasteiger partial charge on any atom is 0.261 e. The molecule has 0 bridgehead atoms. The van der Waals surface area contributed by atoms with Gasteiger partial charge in [-0.25, -0.2) is 0 Å². The van der Waals surface area contributed by atoms with Crippen LogP contribution in [-0.2, 0) is 4.79 Å². The molecule has 0 aliphatic carbocycles. The van der Waals surface area contributed by atoms with Crippen molar-refractivity contribution in [2.45, 2.75) is 26.7 Å². The summed E-state index contributed by atoms with van der Waals surface area (Å²) < 4.78 is 0. The Morgan fingerprint density at radius 3 is 2.42 bits per heavy atom. The minimum Gasteiger partial charge on any atom is -0.324 e. The zero-order chi connectivity index (χ0) is 18.7. The van der Waals surface area contributed by atoms with Gasteiger partial charge in [-0.3, -0.25) is 19.3 Å². The summed E-state index contributed by atoms with van der Waals surface area (Å²) in [7, 11) is 0. The second kappa shape index (κ2) is 7.66. The average molecular weight is 353 g/mol. The maximum atomic E-state index is 12.7. The summed E-state index contributed by atoms with van der Waals surface area (Å²) in [4.78, 5) is 38.9. The number of imide groups is 1. The van der Waals surface area contributed by atoms with Crippen LogP contribution in [0.3, 0.4) is 0 Å². The van der Waals surface area contributed by atoms with Gasteiger partial charge in [-0.15, -0.1) is 0 Å². The van der Waals surface area contributed by atoms with E-state index in [1.165, 1.54) is 4.90 Å². The van der Waals surface area contributed by atoms with Crippen molar-refractivity contribution in [1.29, 1.82) is 0 Å². The van der Waals surface area contributed by atoms with Crippen LogP contribution in [-0.4, -0.2) is 42.3 Å². The van der Waals surface area contributed by atoms with E-state index < -0.39 is 0 Å². The van der Waals surface area contributed by atoms with Crippen LogP contribution in [0, 0.1) is 0 Å². The van der Waals surface area contributed by atoms with E-state index in [2.05, 4.69) is 10.6 Å². The molecule has 1 aliphatic rings. The fourth-order valence-corrected chi connectivity index (χ4v) is 3.25. The molecule has 6 heteroatoms. The molecular weight excluding hydrogens is 330 g/mol. The topological polar surface area (TPSA) is 78.5 Å². The van der Waals surface area contributed by atoms with Crippen molar-refractivity contribution in [1.82, 2.24) is 10.2 Å². The lowest BCUT2D eigenvalue weighted by molar-refractivity contribution is -0.115. The van der Waals surface area contributed by atoms with Crippen molar-refractivity contribution in [2.75, 3.05) is 25.0 Å². The highest BCUT2D eigenvalue weighted by atomic mass is 16.2. The highest BCUT2D eigenvalue weighted by molar-refractivity contribution is 6.27. The number of carbonyl (C=O) groups excluding carboxylic acids is 3. The number of rotatable bonds is 7. The third-order valence-corrected chi connectivity index (χ3v) is 4.43. The van der Waals surface area contributed by atoms with E-state index in [0.29, 0.717) is 40.6 Å². The molecule has 0 radical (unpaired) electrons. The molecule has 2 N–H and O–H groups in total. The van der Waals surface area contributed by atoms with Crippen LogP contribution >= 0.6 is 0 Å². The predicted molar refractivity (Wildman–Crippen MR) is 101 cm³/mol. The van der Waals surface area contributed by atoms with Gasteiger partial charge in [-0.1, -0.05) is 26.0 Å². The number of nitrogens with one attached hydrogen (secondary N) is 2. The number of benzene rings is 2. The lowest BCUT2D eigenvalue weighted by Gasteiger charge is -2.27. The summed E-state index contributed by atoms with van der Waals surface area (Å²) in [6, 6.07) is 8.77. The molecular formula is C20H23N3O3. The molecule has 0 atom stereocenters. The fraction of sp³-hybridized carbons (Fsp3) is 0.350. The number of hydrogen-bond donors (Lipinski definition) is 2. The Balaban J connectivity index is 1.99. The molecule has 2 aromatic rings. The van der Waals surface area contributed by atoms with Crippen LogP contribution < -0.4 is 10.6 Å². The van der Waals surface area contributed by atoms with Gasteiger partial charge in [-0.2, -0.15) is 0 Å². The summed E-state index contributed by atoms with van der Waals surface area (Å²) >= 11 is 0. The zero-order valence-electron chi connectivity index (χ0n) is 15.1. The Hall–Kier alpha value is -2.73.